The number of imide groups is 1. The van der Waals surface area contributed by atoms with E-state index in [0.717, 1.165) is 10.5 Å². The number of hydrogen-bond acceptors (Lipinski definition) is 5. The first-order valence-corrected chi connectivity index (χ1v) is 11.2. The molecule has 160 valence electrons. The lowest BCUT2D eigenvalue weighted by molar-refractivity contribution is -0.129. The van der Waals surface area contributed by atoms with Crippen molar-refractivity contribution in [2.24, 2.45) is 0 Å². The number of benzene rings is 2. The molecule has 1 fully saturated rings. The third kappa shape index (κ3) is 4.48. The summed E-state index contributed by atoms with van der Waals surface area (Å²) >= 11 is 0. The highest BCUT2D eigenvalue weighted by atomic mass is 32.2. The second kappa shape index (κ2) is 8.10. The third-order valence-electron chi connectivity index (χ3n) is 4.98. The molecular formula is C22H26N2O5S. The van der Waals surface area contributed by atoms with Crippen LogP contribution in [0, 0.1) is 0 Å². The lowest BCUT2D eigenvalue weighted by atomic mass is 9.87. The first-order chi connectivity index (χ1) is 14.0. The molecule has 1 N–H and O–H groups in total. The summed E-state index contributed by atoms with van der Waals surface area (Å²) < 4.78 is 33.9. The minimum atomic E-state index is -4.02. The molecule has 1 heterocycles. The largest absolute Gasteiger partial charge is 0.495 e. The van der Waals surface area contributed by atoms with Crippen molar-refractivity contribution in [3.8, 4) is 5.75 Å². The molecule has 0 aromatic heterocycles. The van der Waals surface area contributed by atoms with Gasteiger partial charge in [0.25, 0.3) is 10.0 Å². The zero-order chi connectivity index (χ0) is 22.1. The zero-order valence-electron chi connectivity index (χ0n) is 17.6. The van der Waals surface area contributed by atoms with Gasteiger partial charge in [-0.15, -0.1) is 0 Å². The van der Waals surface area contributed by atoms with Gasteiger partial charge in [0, 0.05) is 18.5 Å². The van der Waals surface area contributed by atoms with Gasteiger partial charge in [0.2, 0.25) is 11.8 Å². The van der Waals surface area contributed by atoms with Crippen LogP contribution in [-0.2, 0) is 25.0 Å². The highest BCUT2D eigenvalue weighted by Crippen LogP contribution is 2.32. The average molecular weight is 431 g/mol. The van der Waals surface area contributed by atoms with Crippen LogP contribution < -0.4 is 14.4 Å². The standard InChI is InChI=1S/C22H26N2O5S/c1-22(2,3)15-8-10-16(11-9-15)23-30(27,28)19-14-17(12-13-18(19)29-4)24-20(25)6-5-7-21(24)26/h8-14,23H,5-7H2,1-4H3. The number of hydrogen-bond donors (Lipinski definition) is 1. The van der Waals surface area contributed by atoms with Crippen molar-refractivity contribution in [1.29, 1.82) is 0 Å². The molecule has 30 heavy (non-hydrogen) atoms. The molecule has 0 bridgehead atoms. The fourth-order valence-electron chi connectivity index (χ4n) is 3.30. The molecule has 0 atom stereocenters. The molecule has 0 spiro atoms. The highest BCUT2D eigenvalue weighted by Gasteiger charge is 2.30. The minimum absolute atomic E-state index is 0.0531. The van der Waals surface area contributed by atoms with Crippen LogP contribution in [0.25, 0.3) is 0 Å². The molecule has 2 amide bonds. The Kier molecular flexibility index (Phi) is 5.90. The molecule has 0 aliphatic carbocycles. The van der Waals surface area contributed by atoms with E-state index in [0.29, 0.717) is 12.1 Å². The predicted molar refractivity (Wildman–Crippen MR) is 115 cm³/mol. The maximum absolute atomic E-state index is 13.1. The number of nitrogens with zero attached hydrogens (tertiary/aromatic N) is 1. The van der Waals surface area contributed by atoms with E-state index >= 15 is 0 Å². The van der Waals surface area contributed by atoms with Crippen molar-refractivity contribution in [3.05, 3.63) is 48.0 Å². The summed E-state index contributed by atoms with van der Waals surface area (Å²) in [5.41, 5.74) is 1.64. The Morgan fingerprint density at radius 1 is 0.967 bits per heavy atom. The number of piperidine rings is 1. The first-order valence-electron chi connectivity index (χ1n) is 9.70. The molecule has 0 unspecified atom stereocenters. The van der Waals surface area contributed by atoms with Gasteiger partial charge >= 0.3 is 0 Å². The monoisotopic (exact) mass is 430 g/mol. The SMILES string of the molecule is COc1ccc(N2C(=O)CCCC2=O)cc1S(=O)(=O)Nc1ccc(C(C)(C)C)cc1. The fraction of sp³-hybridized carbons (Fsp3) is 0.364. The zero-order valence-corrected chi connectivity index (χ0v) is 18.4. The quantitative estimate of drug-likeness (QED) is 0.728. The fourth-order valence-corrected chi connectivity index (χ4v) is 4.55. The van der Waals surface area contributed by atoms with Crippen molar-refractivity contribution in [1.82, 2.24) is 0 Å². The third-order valence-corrected chi connectivity index (χ3v) is 6.38. The summed E-state index contributed by atoms with van der Waals surface area (Å²) in [6, 6.07) is 11.4. The van der Waals surface area contributed by atoms with Crippen molar-refractivity contribution < 1.29 is 22.7 Å². The van der Waals surface area contributed by atoms with Crippen LogP contribution in [0.4, 0.5) is 11.4 Å². The Morgan fingerprint density at radius 3 is 2.10 bits per heavy atom. The summed E-state index contributed by atoms with van der Waals surface area (Å²) in [6.45, 7) is 6.23. The van der Waals surface area contributed by atoms with Gasteiger partial charge in [0.05, 0.1) is 12.8 Å². The van der Waals surface area contributed by atoms with Gasteiger partial charge in [-0.05, 0) is 47.7 Å². The molecule has 0 saturated carbocycles. The minimum Gasteiger partial charge on any atom is -0.495 e. The Balaban J connectivity index is 1.96. The normalized spacial score (nSPS) is 15.3. The number of amides is 2. The van der Waals surface area contributed by atoms with Gasteiger partial charge in [0.15, 0.2) is 0 Å². The van der Waals surface area contributed by atoms with E-state index in [1.807, 2.05) is 12.1 Å². The molecule has 1 aliphatic heterocycles. The van der Waals surface area contributed by atoms with Crippen LogP contribution in [0.3, 0.4) is 0 Å². The van der Waals surface area contributed by atoms with Crippen LogP contribution >= 0.6 is 0 Å². The van der Waals surface area contributed by atoms with Crippen LogP contribution in [0.1, 0.15) is 45.6 Å². The maximum atomic E-state index is 13.1. The Bertz CT molecular complexity index is 1050. The topological polar surface area (TPSA) is 92.8 Å². The van der Waals surface area contributed by atoms with Gasteiger partial charge in [-0.25, -0.2) is 8.42 Å². The van der Waals surface area contributed by atoms with Crippen LogP contribution in [0.5, 0.6) is 5.75 Å². The number of sulfonamides is 1. The molecule has 7 nitrogen and oxygen atoms in total. The van der Waals surface area contributed by atoms with Gasteiger partial charge in [-0.1, -0.05) is 32.9 Å². The first kappa shape index (κ1) is 21.8. The molecule has 0 radical (unpaired) electrons. The summed E-state index contributed by atoms with van der Waals surface area (Å²) in [4.78, 5) is 25.4. The maximum Gasteiger partial charge on any atom is 0.265 e. The van der Waals surface area contributed by atoms with Crippen LogP contribution in [0.15, 0.2) is 47.4 Å². The Labute approximate surface area is 177 Å². The lowest BCUT2D eigenvalue weighted by Crippen LogP contribution is -2.40. The average Bonchev–Trinajstić information content (AvgIpc) is 2.67. The number of rotatable bonds is 5. The van der Waals surface area contributed by atoms with E-state index < -0.39 is 10.0 Å². The predicted octanol–water partition coefficient (Wildman–Crippen LogP) is 3.84. The second-order valence-electron chi connectivity index (χ2n) is 8.24. The molecule has 2 aromatic carbocycles. The highest BCUT2D eigenvalue weighted by molar-refractivity contribution is 7.92. The summed E-state index contributed by atoms with van der Waals surface area (Å²) in [7, 11) is -2.66. The van der Waals surface area contributed by atoms with Gasteiger partial charge in [0.1, 0.15) is 10.6 Å². The van der Waals surface area contributed by atoms with E-state index in [1.165, 1.54) is 25.3 Å². The van der Waals surface area contributed by atoms with Crippen molar-refractivity contribution in [3.63, 3.8) is 0 Å². The number of nitrogens with one attached hydrogen (secondary N) is 1. The summed E-state index contributed by atoms with van der Waals surface area (Å²) in [5.74, 6) is -0.564. The molecule has 1 aliphatic rings. The second-order valence-corrected chi connectivity index (χ2v) is 9.90. The number of carbonyl (C=O) groups excluding carboxylic acids is 2. The van der Waals surface area contributed by atoms with E-state index in [4.69, 9.17) is 4.74 Å². The summed E-state index contributed by atoms with van der Waals surface area (Å²) in [6.07, 6.45) is 0.998. The Morgan fingerprint density at radius 2 is 1.57 bits per heavy atom. The molecule has 3 rings (SSSR count). The number of carbonyl (C=O) groups is 2. The lowest BCUT2D eigenvalue weighted by Gasteiger charge is -2.25. The Hall–Kier alpha value is -2.87. The number of ether oxygens (including phenoxy) is 1. The van der Waals surface area contributed by atoms with Gasteiger partial charge < -0.3 is 4.74 Å². The summed E-state index contributed by atoms with van der Waals surface area (Å²) in [5, 5.41) is 0. The van der Waals surface area contributed by atoms with Gasteiger partial charge in [-0.3, -0.25) is 19.2 Å². The smallest absolute Gasteiger partial charge is 0.265 e. The van der Waals surface area contributed by atoms with Crippen LogP contribution in [-0.4, -0.2) is 27.3 Å². The van der Waals surface area contributed by atoms with Crippen molar-refractivity contribution >= 4 is 33.2 Å². The molecule has 1 saturated heterocycles. The molecule has 2 aromatic rings. The van der Waals surface area contributed by atoms with E-state index in [2.05, 4.69) is 25.5 Å². The molecule has 8 heteroatoms. The van der Waals surface area contributed by atoms with Crippen LogP contribution in [0.2, 0.25) is 0 Å². The molecular weight excluding hydrogens is 404 g/mol. The van der Waals surface area contributed by atoms with Gasteiger partial charge in [-0.2, -0.15) is 0 Å². The van der Waals surface area contributed by atoms with Crippen molar-refractivity contribution in [2.45, 2.75) is 50.3 Å². The van der Waals surface area contributed by atoms with E-state index in [9.17, 15) is 18.0 Å². The van der Waals surface area contributed by atoms with Crippen molar-refractivity contribution in [2.75, 3.05) is 16.7 Å². The number of methoxy groups -OCH3 is 1. The van der Waals surface area contributed by atoms with E-state index in [-0.39, 0.29) is 46.4 Å². The number of anilines is 2. The van der Waals surface area contributed by atoms with E-state index in [1.54, 1.807) is 12.1 Å².